The molecule has 0 heterocycles. The Morgan fingerprint density at radius 3 is 2.77 bits per heavy atom. The highest BCUT2D eigenvalue weighted by molar-refractivity contribution is 5.75. The molecule has 1 amide bonds. The minimum Gasteiger partial charge on any atom is -0.377 e. The van der Waals surface area contributed by atoms with E-state index in [1.165, 1.54) is 0 Å². The van der Waals surface area contributed by atoms with Gasteiger partial charge < -0.3 is 15.4 Å². The van der Waals surface area contributed by atoms with Crippen LogP contribution in [-0.2, 0) is 9.53 Å². The molecule has 0 aliphatic heterocycles. The second kappa shape index (κ2) is 8.01. The van der Waals surface area contributed by atoms with E-state index in [2.05, 4.69) is 10.6 Å². The number of likely N-dealkylation sites (N-methyl/N-ethyl adjacent to an activating group) is 1. The van der Waals surface area contributed by atoms with E-state index in [1.54, 1.807) is 0 Å². The van der Waals surface area contributed by atoms with Gasteiger partial charge in [-0.2, -0.15) is 0 Å². The van der Waals surface area contributed by atoms with E-state index in [9.17, 15) is 4.79 Å². The Bertz CT molecular complexity index is 140. The Morgan fingerprint density at radius 1 is 1.54 bits per heavy atom. The number of nitrogens with one attached hydrogen (secondary N) is 2. The van der Waals surface area contributed by atoms with Gasteiger partial charge in [-0.25, -0.2) is 0 Å². The zero-order chi connectivity index (χ0) is 10.1. The molecular formula is C9H20N2O2. The molecule has 4 heteroatoms. The van der Waals surface area contributed by atoms with Crippen molar-refractivity contribution in [2.24, 2.45) is 0 Å². The third-order valence-electron chi connectivity index (χ3n) is 1.60. The van der Waals surface area contributed by atoms with Gasteiger partial charge in [0, 0.05) is 19.5 Å². The molecule has 0 aliphatic rings. The van der Waals surface area contributed by atoms with Crippen molar-refractivity contribution in [3.63, 3.8) is 0 Å². The molecule has 0 saturated carbocycles. The molecule has 0 saturated heterocycles. The van der Waals surface area contributed by atoms with Crippen molar-refractivity contribution < 1.29 is 9.53 Å². The van der Waals surface area contributed by atoms with Crippen molar-refractivity contribution in [3.8, 4) is 0 Å². The lowest BCUT2D eigenvalue weighted by atomic mass is 10.4. The molecule has 0 aromatic rings. The second-order valence-electron chi connectivity index (χ2n) is 2.94. The summed E-state index contributed by atoms with van der Waals surface area (Å²) in [6, 6.07) is 0. The number of carbonyl (C=O) groups excluding carboxylic acids is 1. The molecule has 0 aliphatic carbocycles. The molecule has 2 N–H and O–H groups in total. The quantitative estimate of drug-likeness (QED) is 0.597. The highest BCUT2D eigenvalue weighted by Gasteiger charge is 2.02. The van der Waals surface area contributed by atoms with E-state index in [0.29, 0.717) is 19.6 Å². The minimum absolute atomic E-state index is 0.0548. The van der Waals surface area contributed by atoms with Crippen molar-refractivity contribution in [3.05, 3.63) is 0 Å². The van der Waals surface area contributed by atoms with Gasteiger partial charge in [0.2, 0.25) is 5.91 Å². The fourth-order valence-corrected chi connectivity index (χ4v) is 0.985. The van der Waals surface area contributed by atoms with Crippen molar-refractivity contribution in [1.82, 2.24) is 10.6 Å². The first-order chi connectivity index (χ1) is 6.20. The Labute approximate surface area is 80.0 Å². The summed E-state index contributed by atoms with van der Waals surface area (Å²) in [5, 5.41) is 5.72. The van der Waals surface area contributed by atoms with Crippen LogP contribution in [0.15, 0.2) is 0 Å². The lowest BCUT2D eigenvalue weighted by Crippen LogP contribution is -2.27. The number of amides is 1. The number of rotatable bonds is 7. The summed E-state index contributed by atoms with van der Waals surface area (Å²) >= 11 is 0. The van der Waals surface area contributed by atoms with E-state index >= 15 is 0 Å². The van der Waals surface area contributed by atoms with Crippen molar-refractivity contribution in [2.45, 2.75) is 26.4 Å². The second-order valence-corrected chi connectivity index (χ2v) is 2.94. The average Bonchev–Trinajstić information content (AvgIpc) is 2.05. The Kier molecular flexibility index (Phi) is 7.63. The minimum atomic E-state index is 0.0548. The van der Waals surface area contributed by atoms with E-state index in [4.69, 9.17) is 4.74 Å². The van der Waals surface area contributed by atoms with E-state index < -0.39 is 0 Å². The molecule has 1 unspecified atom stereocenters. The van der Waals surface area contributed by atoms with Crippen LogP contribution in [0.5, 0.6) is 0 Å². The molecule has 0 spiro atoms. The summed E-state index contributed by atoms with van der Waals surface area (Å²) in [6.07, 6.45) is 0.612. The molecule has 0 bridgehead atoms. The number of hydrogen-bond acceptors (Lipinski definition) is 3. The topological polar surface area (TPSA) is 50.4 Å². The molecule has 0 radical (unpaired) electrons. The average molecular weight is 188 g/mol. The molecule has 4 nitrogen and oxygen atoms in total. The Morgan fingerprint density at radius 2 is 2.23 bits per heavy atom. The van der Waals surface area contributed by atoms with Crippen LogP contribution in [0.1, 0.15) is 20.3 Å². The highest BCUT2D eigenvalue weighted by atomic mass is 16.5. The van der Waals surface area contributed by atoms with Crippen LogP contribution in [-0.4, -0.2) is 38.8 Å². The maximum Gasteiger partial charge on any atom is 0.222 e. The monoisotopic (exact) mass is 188 g/mol. The van der Waals surface area contributed by atoms with Crippen LogP contribution in [0.4, 0.5) is 0 Å². The molecule has 1 atom stereocenters. The van der Waals surface area contributed by atoms with Crippen LogP contribution in [0.25, 0.3) is 0 Å². The number of hydrogen-bond donors (Lipinski definition) is 2. The maximum atomic E-state index is 11.0. The van der Waals surface area contributed by atoms with Crippen LogP contribution in [0.2, 0.25) is 0 Å². The first-order valence-corrected chi connectivity index (χ1v) is 4.73. The maximum absolute atomic E-state index is 11.0. The Balaban J connectivity index is 3.28. The lowest BCUT2D eigenvalue weighted by molar-refractivity contribution is -0.122. The third-order valence-corrected chi connectivity index (χ3v) is 1.60. The van der Waals surface area contributed by atoms with Crippen molar-refractivity contribution in [1.29, 1.82) is 0 Å². The van der Waals surface area contributed by atoms with Crippen LogP contribution in [0, 0.1) is 0 Å². The van der Waals surface area contributed by atoms with E-state index in [1.807, 2.05) is 20.9 Å². The van der Waals surface area contributed by atoms with Gasteiger partial charge in [-0.1, -0.05) is 0 Å². The lowest BCUT2D eigenvalue weighted by Gasteiger charge is -2.11. The van der Waals surface area contributed by atoms with E-state index in [-0.39, 0.29) is 12.0 Å². The Hall–Kier alpha value is -0.610. The van der Waals surface area contributed by atoms with Gasteiger partial charge >= 0.3 is 0 Å². The molecular weight excluding hydrogens is 168 g/mol. The first kappa shape index (κ1) is 12.4. The fourth-order valence-electron chi connectivity index (χ4n) is 0.985. The van der Waals surface area contributed by atoms with Gasteiger partial charge in [0.15, 0.2) is 0 Å². The zero-order valence-electron chi connectivity index (χ0n) is 8.72. The molecule has 13 heavy (non-hydrogen) atoms. The van der Waals surface area contributed by atoms with Crippen LogP contribution >= 0.6 is 0 Å². The summed E-state index contributed by atoms with van der Waals surface area (Å²) < 4.78 is 5.38. The van der Waals surface area contributed by atoms with Gasteiger partial charge in [-0.3, -0.25) is 4.79 Å². The van der Waals surface area contributed by atoms with Crippen LogP contribution < -0.4 is 10.6 Å². The standard InChI is InChI=1S/C9H20N2O2/c1-4-11-9(12)5-6-13-8(2)7-10-3/h8,10H,4-7H2,1-3H3,(H,11,12). The van der Waals surface area contributed by atoms with Gasteiger partial charge in [0.25, 0.3) is 0 Å². The zero-order valence-corrected chi connectivity index (χ0v) is 8.72. The van der Waals surface area contributed by atoms with Gasteiger partial charge in [0.05, 0.1) is 12.7 Å². The predicted octanol–water partition coefficient (Wildman–Crippen LogP) is 0.137. The summed E-state index contributed by atoms with van der Waals surface area (Å²) in [4.78, 5) is 11.0. The molecule has 0 aromatic carbocycles. The molecule has 0 aromatic heterocycles. The SMILES string of the molecule is CCNC(=O)CCOC(C)CNC. The summed E-state index contributed by atoms with van der Waals surface area (Å²) in [5.41, 5.74) is 0. The van der Waals surface area contributed by atoms with Crippen molar-refractivity contribution in [2.75, 3.05) is 26.7 Å². The van der Waals surface area contributed by atoms with Gasteiger partial charge in [0.1, 0.15) is 0 Å². The smallest absolute Gasteiger partial charge is 0.222 e. The van der Waals surface area contributed by atoms with E-state index in [0.717, 1.165) is 6.54 Å². The third kappa shape index (κ3) is 7.74. The predicted molar refractivity (Wildman–Crippen MR) is 52.6 cm³/mol. The molecule has 78 valence electrons. The number of ether oxygens (including phenoxy) is 1. The molecule has 0 fully saturated rings. The summed E-state index contributed by atoms with van der Waals surface area (Å²) in [5.74, 6) is 0.0548. The number of carbonyl (C=O) groups is 1. The van der Waals surface area contributed by atoms with Crippen LogP contribution in [0.3, 0.4) is 0 Å². The summed E-state index contributed by atoms with van der Waals surface area (Å²) in [6.45, 7) is 5.88. The summed E-state index contributed by atoms with van der Waals surface area (Å²) in [7, 11) is 1.88. The van der Waals surface area contributed by atoms with Gasteiger partial charge in [-0.05, 0) is 20.9 Å². The first-order valence-electron chi connectivity index (χ1n) is 4.73. The van der Waals surface area contributed by atoms with Crippen molar-refractivity contribution >= 4 is 5.91 Å². The fraction of sp³-hybridized carbons (Fsp3) is 0.889. The molecule has 0 rings (SSSR count). The highest BCUT2D eigenvalue weighted by Crippen LogP contribution is 1.90. The van der Waals surface area contributed by atoms with Gasteiger partial charge in [-0.15, -0.1) is 0 Å². The largest absolute Gasteiger partial charge is 0.377 e. The normalized spacial score (nSPS) is 12.5.